The predicted molar refractivity (Wildman–Crippen MR) is 98.5 cm³/mol. The summed E-state index contributed by atoms with van der Waals surface area (Å²) in [5.41, 5.74) is 1.45. The van der Waals surface area contributed by atoms with Gasteiger partial charge in [0.15, 0.2) is 0 Å². The molecule has 0 aliphatic carbocycles. The monoisotopic (exact) mass is 302 g/mol. The second-order valence-electron chi connectivity index (χ2n) is 5.83. The number of benzene rings is 3. The highest BCUT2D eigenvalue weighted by Gasteiger charge is 2.35. The van der Waals surface area contributed by atoms with Gasteiger partial charge in [0.05, 0.1) is 0 Å². The van der Waals surface area contributed by atoms with Crippen LogP contribution in [0.1, 0.15) is 12.5 Å². The van der Waals surface area contributed by atoms with Gasteiger partial charge in [-0.1, -0.05) is 120 Å². The van der Waals surface area contributed by atoms with E-state index in [2.05, 4.69) is 97.9 Å². The Morgan fingerprint density at radius 1 is 0.591 bits per heavy atom. The van der Waals surface area contributed by atoms with Crippen LogP contribution in [0.25, 0.3) is 0 Å². The molecule has 0 amide bonds. The molecule has 3 aromatic rings. The highest BCUT2D eigenvalue weighted by atomic mass is 28.3. The highest BCUT2D eigenvalue weighted by Crippen LogP contribution is 2.17. The molecule has 0 N–H and O–H groups in total. The molecule has 0 atom stereocenters. The fourth-order valence-electron chi connectivity index (χ4n) is 3.36. The maximum atomic E-state index is 2.36. The zero-order chi connectivity index (χ0) is 15.3. The van der Waals surface area contributed by atoms with Crippen molar-refractivity contribution >= 4 is 18.4 Å². The molecule has 0 saturated heterocycles. The molecule has 0 unspecified atom stereocenters. The van der Waals surface area contributed by atoms with Crippen LogP contribution in [0.5, 0.6) is 0 Å². The number of hydrogen-bond acceptors (Lipinski definition) is 0. The minimum atomic E-state index is -1.76. The van der Waals surface area contributed by atoms with Gasteiger partial charge >= 0.3 is 0 Å². The Hall–Kier alpha value is -2.12. The van der Waals surface area contributed by atoms with Crippen molar-refractivity contribution in [2.24, 2.45) is 0 Å². The average molecular weight is 302 g/mol. The van der Waals surface area contributed by atoms with Gasteiger partial charge in [-0.15, -0.1) is 0 Å². The van der Waals surface area contributed by atoms with Crippen LogP contribution in [-0.2, 0) is 6.04 Å². The van der Waals surface area contributed by atoms with Crippen LogP contribution >= 0.6 is 0 Å². The quantitative estimate of drug-likeness (QED) is 0.624. The minimum Gasteiger partial charge on any atom is -0.0672 e. The molecule has 0 nitrogen and oxygen atoms in total. The Kier molecular flexibility index (Phi) is 4.55. The molecule has 0 fully saturated rings. The topological polar surface area (TPSA) is 0 Å². The molecule has 3 rings (SSSR count). The van der Waals surface area contributed by atoms with Gasteiger partial charge in [-0.05, 0) is 6.04 Å². The van der Waals surface area contributed by atoms with Gasteiger partial charge in [0.1, 0.15) is 8.07 Å². The molecule has 0 bridgehead atoms. The molecule has 22 heavy (non-hydrogen) atoms. The van der Waals surface area contributed by atoms with E-state index in [-0.39, 0.29) is 0 Å². The zero-order valence-corrected chi connectivity index (χ0v) is 14.1. The van der Waals surface area contributed by atoms with Crippen molar-refractivity contribution in [2.45, 2.75) is 19.0 Å². The number of hydrogen-bond donors (Lipinski definition) is 0. The van der Waals surface area contributed by atoms with Crippen molar-refractivity contribution in [3.63, 3.8) is 0 Å². The van der Waals surface area contributed by atoms with Crippen LogP contribution in [0.4, 0.5) is 0 Å². The van der Waals surface area contributed by atoms with Crippen LogP contribution in [0.2, 0.25) is 6.04 Å². The first-order valence-corrected chi connectivity index (χ1v) is 10.4. The normalized spacial score (nSPS) is 11.3. The van der Waals surface area contributed by atoms with Crippen molar-refractivity contribution in [2.75, 3.05) is 0 Å². The lowest BCUT2D eigenvalue weighted by Gasteiger charge is -2.32. The van der Waals surface area contributed by atoms with Crippen molar-refractivity contribution < 1.29 is 0 Å². The molecule has 0 spiro atoms. The molecular formula is C21H22Si. The third kappa shape index (κ3) is 2.90. The van der Waals surface area contributed by atoms with E-state index in [1.54, 1.807) is 0 Å². The summed E-state index contributed by atoms with van der Waals surface area (Å²) in [5, 5.41) is 3.07. The molecule has 0 heterocycles. The fraction of sp³-hybridized carbons (Fsp3) is 0.143. The van der Waals surface area contributed by atoms with Crippen molar-refractivity contribution in [3.8, 4) is 0 Å². The lowest BCUT2D eigenvalue weighted by molar-refractivity contribution is 1.26. The first-order valence-electron chi connectivity index (χ1n) is 8.00. The SMILES string of the molecule is CC[Si](Cc1ccccc1)(c1ccccc1)c1ccccc1. The molecule has 0 aromatic heterocycles. The Labute approximate surface area is 134 Å². The first kappa shape index (κ1) is 14.8. The zero-order valence-electron chi connectivity index (χ0n) is 13.1. The Morgan fingerprint density at radius 2 is 1.00 bits per heavy atom. The smallest absolute Gasteiger partial charge is 0.0672 e. The standard InChI is InChI=1S/C21H22Si/c1-2-22(20-14-8-4-9-15-20,21-16-10-5-11-17-21)18-19-12-6-3-7-13-19/h3-17H,2,18H2,1H3. The van der Waals surface area contributed by atoms with Gasteiger partial charge in [-0.2, -0.15) is 0 Å². The lowest BCUT2D eigenvalue weighted by atomic mass is 10.2. The van der Waals surface area contributed by atoms with Crippen molar-refractivity contribution in [1.29, 1.82) is 0 Å². The maximum absolute atomic E-state index is 2.36. The van der Waals surface area contributed by atoms with Crippen molar-refractivity contribution in [1.82, 2.24) is 0 Å². The van der Waals surface area contributed by atoms with E-state index >= 15 is 0 Å². The van der Waals surface area contributed by atoms with Gasteiger partial charge < -0.3 is 0 Å². The molecule has 0 radical (unpaired) electrons. The van der Waals surface area contributed by atoms with E-state index in [0.29, 0.717) is 0 Å². The molecule has 0 aliphatic rings. The Morgan fingerprint density at radius 3 is 1.41 bits per heavy atom. The largest absolute Gasteiger partial charge is 0.122 e. The van der Waals surface area contributed by atoms with Crippen molar-refractivity contribution in [3.05, 3.63) is 96.6 Å². The Bertz CT molecular complexity index is 650. The summed E-state index contributed by atoms with van der Waals surface area (Å²) < 4.78 is 0. The van der Waals surface area contributed by atoms with Gasteiger partial charge in [-0.25, -0.2) is 0 Å². The molecule has 3 aromatic carbocycles. The predicted octanol–water partition coefficient (Wildman–Crippen LogP) is 4.05. The summed E-state index contributed by atoms with van der Waals surface area (Å²) in [5.74, 6) is 0. The second-order valence-corrected chi connectivity index (χ2v) is 10.2. The van der Waals surface area contributed by atoms with E-state index < -0.39 is 8.07 Å². The first-order chi connectivity index (χ1) is 10.8. The summed E-state index contributed by atoms with van der Waals surface area (Å²) >= 11 is 0. The van der Waals surface area contributed by atoms with Crippen LogP contribution in [0.15, 0.2) is 91.0 Å². The van der Waals surface area contributed by atoms with E-state index in [1.165, 1.54) is 28.0 Å². The molecule has 0 saturated carbocycles. The van der Waals surface area contributed by atoms with Gasteiger partial charge in [0.2, 0.25) is 0 Å². The third-order valence-corrected chi connectivity index (χ3v) is 9.70. The Balaban J connectivity index is 2.13. The molecular weight excluding hydrogens is 280 g/mol. The van der Waals surface area contributed by atoms with E-state index in [9.17, 15) is 0 Å². The lowest BCUT2D eigenvalue weighted by Crippen LogP contribution is -2.59. The summed E-state index contributed by atoms with van der Waals surface area (Å²) in [6.45, 7) is 2.36. The third-order valence-electron chi connectivity index (χ3n) is 4.61. The minimum absolute atomic E-state index is 1.17. The van der Waals surface area contributed by atoms with E-state index in [0.717, 1.165) is 0 Å². The van der Waals surface area contributed by atoms with Gasteiger partial charge in [0.25, 0.3) is 0 Å². The second kappa shape index (κ2) is 6.76. The van der Waals surface area contributed by atoms with Gasteiger partial charge in [0, 0.05) is 0 Å². The highest BCUT2D eigenvalue weighted by molar-refractivity contribution is 7.01. The summed E-state index contributed by atoms with van der Waals surface area (Å²) in [6, 6.07) is 35.6. The number of rotatable bonds is 5. The fourth-order valence-corrected chi connectivity index (χ4v) is 7.76. The van der Waals surface area contributed by atoms with Crippen LogP contribution < -0.4 is 10.4 Å². The van der Waals surface area contributed by atoms with Crippen LogP contribution in [0, 0.1) is 0 Å². The van der Waals surface area contributed by atoms with E-state index in [1.807, 2.05) is 0 Å². The summed E-state index contributed by atoms with van der Waals surface area (Å²) in [7, 11) is -1.76. The van der Waals surface area contributed by atoms with Gasteiger partial charge in [-0.3, -0.25) is 0 Å². The molecule has 0 aliphatic heterocycles. The van der Waals surface area contributed by atoms with E-state index in [4.69, 9.17) is 0 Å². The van der Waals surface area contributed by atoms with Crippen LogP contribution in [0.3, 0.4) is 0 Å². The maximum Gasteiger partial charge on any atom is 0.122 e. The summed E-state index contributed by atoms with van der Waals surface area (Å²) in [6.07, 6.45) is 0. The summed E-state index contributed by atoms with van der Waals surface area (Å²) in [4.78, 5) is 0. The van der Waals surface area contributed by atoms with Crippen LogP contribution in [-0.4, -0.2) is 8.07 Å². The molecule has 110 valence electrons. The molecule has 1 heteroatoms. The average Bonchev–Trinajstić information content (AvgIpc) is 2.62.